The van der Waals surface area contributed by atoms with Crippen molar-refractivity contribution in [2.45, 2.75) is 25.6 Å². The Hall–Kier alpha value is -1.17. The molecule has 0 bridgehead atoms. The molecular weight excluding hydrogens is 258 g/mol. The summed E-state index contributed by atoms with van der Waals surface area (Å²) in [4.78, 5) is 2.27. The van der Waals surface area contributed by atoms with Crippen molar-refractivity contribution in [2.75, 3.05) is 13.1 Å². The van der Waals surface area contributed by atoms with E-state index in [-0.39, 0.29) is 6.10 Å². The molecule has 0 amide bonds. The van der Waals surface area contributed by atoms with Crippen LogP contribution in [-0.2, 0) is 13.7 Å². The Morgan fingerprint density at radius 1 is 1.32 bits per heavy atom. The van der Waals surface area contributed by atoms with E-state index in [0.717, 1.165) is 48.4 Å². The third-order valence-corrected chi connectivity index (χ3v) is 4.37. The molecule has 3 rings (SSSR count). The fourth-order valence-corrected chi connectivity index (χ4v) is 3.11. The monoisotopic (exact) mass is 277 g/mol. The molecule has 1 saturated heterocycles. The topological polar surface area (TPSA) is 33.3 Å². The number of fused-ring (bicyclic) bond motifs is 1. The molecule has 102 valence electrons. The molecule has 0 spiro atoms. The molecule has 0 aliphatic carbocycles. The molecule has 0 radical (unpaired) electrons. The number of para-hydroxylation sites is 2. The van der Waals surface area contributed by atoms with Gasteiger partial charge in [-0.3, -0.25) is 4.90 Å². The van der Waals surface area contributed by atoms with Crippen LogP contribution in [-0.4, -0.2) is 38.3 Å². The summed E-state index contributed by atoms with van der Waals surface area (Å²) in [5, 5.41) is 9.76. The van der Waals surface area contributed by atoms with Crippen molar-refractivity contribution in [3.63, 3.8) is 0 Å². The summed E-state index contributed by atoms with van der Waals surface area (Å²) >= 11 is 5.53. The zero-order chi connectivity index (χ0) is 13.4. The highest BCUT2D eigenvalue weighted by atomic mass is 32.1. The average Bonchev–Trinajstić information content (AvgIpc) is 2.65. The van der Waals surface area contributed by atoms with Crippen LogP contribution in [0.3, 0.4) is 0 Å². The molecule has 1 aromatic carbocycles. The highest BCUT2D eigenvalue weighted by Gasteiger charge is 2.19. The number of aromatic nitrogens is 2. The van der Waals surface area contributed by atoms with Crippen LogP contribution in [0.5, 0.6) is 0 Å². The van der Waals surface area contributed by atoms with Crippen molar-refractivity contribution >= 4 is 23.3 Å². The first kappa shape index (κ1) is 12.8. The van der Waals surface area contributed by atoms with Crippen LogP contribution < -0.4 is 0 Å². The van der Waals surface area contributed by atoms with Crippen molar-refractivity contribution in [3.8, 4) is 0 Å². The molecule has 1 atom stereocenters. The Bertz CT molecular complexity index is 646. The molecule has 1 aliphatic rings. The highest BCUT2D eigenvalue weighted by Crippen LogP contribution is 2.18. The number of likely N-dealkylation sites (tertiary alicyclic amines) is 1. The highest BCUT2D eigenvalue weighted by molar-refractivity contribution is 7.71. The zero-order valence-corrected chi connectivity index (χ0v) is 11.9. The molecule has 1 aromatic heterocycles. The minimum absolute atomic E-state index is 0.196. The van der Waals surface area contributed by atoms with Gasteiger partial charge in [-0.25, -0.2) is 0 Å². The zero-order valence-electron chi connectivity index (χ0n) is 11.1. The Morgan fingerprint density at radius 3 is 2.79 bits per heavy atom. The predicted octanol–water partition coefficient (Wildman–Crippen LogP) is 2.12. The van der Waals surface area contributed by atoms with Crippen molar-refractivity contribution in [1.82, 2.24) is 14.0 Å². The minimum Gasteiger partial charge on any atom is -0.392 e. The number of β-amino-alcohol motifs (C(OH)–C–C–N with tert-alkyl or cyclic N) is 1. The van der Waals surface area contributed by atoms with Crippen LogP contribution in [0, 0.1) is 4.77 Å². The first-order chi connectivity index (χ1) is 9.16. The Labute approximate surface area is 117 Å². The van der Waals surface area contributed by atoms with Crippen LogP contribution in [0.25, 0.3) is 11.0 Å². The normalized spacial score (nSPS) is 21.1. The van der Waals surface area contributed by atoms with Gasteiger partial charge in [0.1, 0.15) is 0 Å². The second-order valence-electron chi connectivity index (χ2n) is 5.27. The van der Waals surface area contributed by atoms with Crippen molar-refractivity contribution in [1.29, 1.82) is 0 Å². The van der Waals surface area contributed by atoms with Gasteiger partial charge in [0, 0.05) is 20.1 Å². The lowest BCUT2D eigenvalue weighted by Crippen LogP contribution is -2.39. The number of hydrogen-bond acceptors (Lipinski definition) is 3. The molecule has 5 heteroatoms. The first-order valence-electron chi connectivity index (χ1n) is 6.71. The van der Waals surface area contributed by atoms with Crippen molar-refractivity contribution in [3.05, 3.63) is 29.0 Å². The summed E-state index contributed by atoms with van der Waals surface area (Å²) in [5.74, 6) is 0. The van der Waals surface area contributed by atoms with Gasteiger partial charge in [0.05, 0.1) is 23.8 Å². The summed E-state index contributed by atoms with van der Waals surface area (Å²) in [7, 11) is 2.01. The summed E-state index contributed by atoms with van der Waals surface area (Å²) in [6, 6.07) is 8.27. The quantitative estimate of drug-likeness (QED) is 0.854. The van der Waals surface area contributed by atoms with Gasteiger partial charge >= 0.3 is 0 Å². The molecular formula is C14H19N3OS. The summed E-state index contributed by atoms with van der Waals surface area (Å²) in [6.45, 7) is 2.53. The second kappa shape index (κ2) is 5.07. The standard InChI is InChI=1S/C14H19N3OS/c1-15-12-6-2-3-7-13(12)17(14(15)19)10-16-8-4-5-11(18)9-16/h2-3,6-7,11,18H,4-5,8-10H2,1H3/t11-/m1/s1. The van der Waals surface area contributed by atoms with E-state index in [1.165, 1.54) is 0 Å². The SMILES string of the molecule is Cn1c(=S)n(CN2CCC[C@@H](O)C2)c2ccccc21. The maximum absolute atomic E-state index is 9.76. The lowest BCUT2D eigenvalue weighted by molar-refractivity contribution is 0.0547. The average molecular weight is 277 g/mol. The van der Waals surface area contributed by atoms with E-state index in [1.807, 2.05) is 23.7 Å². The Morgan fingerprint density at radius 2 is 2.05 bits per heavy atom. The van der Waals surface area contributed by atoms with E-state index in [9.17, 15) is 5.11 Å². The fourth-order valence-electron chi connectivity index (χ4n) is 2.86. The number of rotatable bonds is 2. The van der Waals surface area contributed by atoms with Crippen LogP contribution >= 0.6 is 12.2 Å². The number of aliphatic hydroxyl groups is 1. The summed E-state index contributed by atoms with van der Waals surface area (Å²) in [5.41, 5.74) is 2.32. The number of aryl methyl sites for hydroxylation is 1. The fraction of sp³-hybridized carbons (Fsp3) is 0.500. The number of nitrogens with zero attached hydrogens (tertiary/aromatic N) is 3. The van der Waals surface area contributed by atoms with E-state index in [1.54, 1.807) is 0 Å². The maximum atomic E-state index is 9.76. The maximum Gasteiger partial charge on any atom is 0.181 e. The number of imidazole rings is 1. The van der Waals surface area contributed by atoms with Crippen LogP contribution in [0.1, 0.15) is 12.8 Å². The van der Waals surface area contributed by atoms with Gasteiger partial charge in [0.15, 0.2) is 4.77 Å². The van der Waals surface area contributed by atoms with Crippen molar-refractivity contribution < 1.29 is 5.11 Å². The molecule has 1 fully saturated rings. The lowest BCUT2D eigenvalue weighted by Gasteiger charge is -2.30. The Balaban J connectivity index is 1.96. The summed E-state index contributed by atoms with van der Waals surface area (Å²) in [6.07, 6.45) is 1.77. The smallest absolute Gasteiger partial charge is 0.181 e. The summed E-state index contributed by atoms with van der Waals surface area (Å²) < 4.78 is 5.04. The molecule has 2 aromatic rings. The van der Waals surface area contributed by atoms with Gasteiger partial charge in [0.2, 0.25) is 0 Å². The van der Waals surface area contributed by atoms with Gasteiger partial charge in [-0.2, -0.15) is 0 Å². The number of piperidine rings is 1. The van der Waals surface area contributed by atoms with E-state index in [4.69, 9.17) is 12.2 Å². The third kappa shape index (κ3) is 2.33. The third-order valence-electron chi connectivity index (χ3n) is 3.87. The molecule has 0 saturated carbocycles. The molecule has 4 nitrogen and oxygen atoms in total. The van der Waals surface area contributed by atoms with E-state index in [0.29, 0.717) is 0 Å². The number of benzene rings is 1. The van der Waals surface area contributed by atoms with Crippen LogP contribution in [0.15, 0.2) is 24.3 Å². The van der Waals surface area contributed by atoms with Gasteiger partial charge < -0.3 is 14.2 Å². The van der Waals surface area contributed by atoms with Crippen LogP contribution in [0.2, 0.25) is 0 Å². The molecule has 1 aliphatic heterocycles. The number of hydrogen-bond donors (Lipinski definition) is 1. The van der Waals surface area contributed by atoms with Crippen LogP contribution in [0.4, 0.5) is 0 Å². The molecule has 19 heavy (non-hydrogen) atoms. The Kier molecular flexibility index (Phi) is 3.43. The number of aliphatic hydroxyl groups excluding tert-OH is 1. The van der Waals surface area contributed by atoms with Gasteiger partial charge in [-0.1, -0.05) is 12.1 Å². The largest absolute Gasteiger partial charge is 0.392 e. The van der Waals surface area contributed by atoms with Crippen molar-refractivity contribution in [2.24, 2.45) is 7.05 Å². The molecule has 2 heterocycles. The molecule has 1 N–H and O–H groups in total. The first-order valence-corrected chi connectivity index (χ1v) is 7.12. The van der Waals surface area contributed by atoms with Gasteiger partial charge in [-0.15, -0.1) is 0 Å². The van der Waals surface area contributed by atoms with Gasteiger partial charge in [0.25, 0.3) is 0 Å². The molecule has 0 unspecified atom stereocenters. The second-order valence-corrected chi connectivity index (χ2v) is 5.64. The van der Waals surface area contributed by atoms with E-state index < -0.39 is 0 Å². The predicted molar refractivity (Wildman–Crippen MR) is 78.6 cm³/mol. The van der Waals surface area contributed by atoms with E-state index in [2.05, 4.69) is 21.6 Å². The minimum atomic E-state index is -0.196. The lowest BCUT2D eigenvalue weighted by atomic mass is 10.1. The van der Waals surface area contributed by atoms with E-state index >= 15 is 0 Å². The van der Waals surface area contributed by atoms with Gasteiger partial charge in [-0.05, 0) is 37.2 Å².